The SMILES string of the molecule is CCN(CC)C1(C)C=CC=CC1N. The molecule has 13 heavy (non-hydrogen) atoms. The van der Waals surface area contributed by atoms with Crippen LogP contribution in [-0.2, 0) is 0 Å². The fourth-order valence-electron chi connectivity index (χ4n) is 1.96. The smallest absolute Gasteiger partial charge is 0.0553 e. The van der Waals surface area contributed by atoms with Crippen molar-refractivity contribution in [2.75, 3.05) is 13.1 Å². The molecule has 0 aromatic heterocycles. The Bertz CT molecular complexity index is 216. The minimum absolute atomic E-state index is 0.00174. The molecule has 0 aromatic carbocycles. The van der Waals surface area contributed by atoms with Crippen LogP contribution in [-0.4, -0.2) is 29.6 Å². The lowest BCUT2D eigenvalue weighted by atomic mass is 9.87. The van der Waals surface area contributed by atoms with E-state index in [4.69, 9.17) is 5.73 Å². The summed E-state index contributed by atoms with van der Waals surface area (Å²) in [7, 11) is 0. The summed E-state index contributed by atoms with van der Waals surface area (Å²) in [6.07, 6.45) is 8.38. The Morgan fingerprint density at radius 3 is 2.38 bits per heavy atom. The zero-order chi connectivity index (χ0) is 9.90. The summed E-state index contributed by atoms with van der Waals surface area (Å²) >= 11 is 0. The molecule has 2 nitrogen and oxygen atoms in total. The molecular formula is C11H20N2. The lowest BCUT2D eigenvalue weighted by Gasteiger charge is -2.42. The number of likely N-dealkylation sites (N-methyl/N-ethyl adjacent to an activating group) is 1. The molecule has 1 aliphatic carbocycles. The maximum absolute atomic E-state index is 6.09. The van der Waals surface area contributed by atoms with Crippen LogP contribution >= 0.6 is 0 Å². The van der Waals surface area contributed by atoms with Gasteiger partial charge in [0.2, 0.25) is 0 Å². The van der Waals surface area contributed by atoms with E-state index >= 15 is 0 Å². The first-order valence-corrected chi connectivity index (χ1v) is 5.01. The van der Waals surface area contributed by atoms with Crippen molar-refractivity contribution in [2.45, 2.75) is 32.4 Å². The van der Waals surface area contributed by atoms with Crippen LogP contribution in [0.3, 0.4) is 0 Å². The van der Waals surface area contributed by atoms with Gasteiger partial charge in [-0.1, -0.05) is 38.2 Å². The van der Waals surface area contributed by atoms with E-state index in [9.17, 15) is 0 Å². The Morgan fingerprint density at radius 2 is 1.92 bits per heavy atom. The molecule has 0 radical (unpaired) electrons. The number of rotatable bonds is 3. The molecule has 0 heterocycles. The van der Waals surface area contributed by atoms with Crippen LogP contribution in [0.2, 0.25) is 0 Å². The fraction of sp³-hybridized carbons (Fsp3) is 0.636. The molecule has 2 atom stereocenters. The highest BCUT2D eigenvalue weighted by atomic mass is 15.2. The molecule has 0 aromatic rings. The summed E-state index contributed by atoms with van der Waals surface area (Å²) in [6.45, 7) is 8.63. The van der Waals surface area contributed by atoms with Gasteiger partial charge in [-0.15, -0.1) is 0 Å². The van der Waals surface area contributed by atoms with E-state index in [0.29, 0.717) is 0 Å². The van der Waals surface area contributed by atoms with E-state index in [0.717, 1.165) is 13.1 Å². The number of hydrogen-bond donors (Lipinski definition) is 1. The maximum Gasteiger partial charge on any atom is 0.0553 e. The van der Waals surface area contributed by atoms with Crippen molar-refractivity contribution in [3.05, 3.63) is 24.3 Å². The van der Waals surface area contributed by atoms with Gasteiger partial charge in [0, 0.05) is 6.04 Å². The van der Waals surface area contributed by atoms with Crippen molar-refractivity contribution in [3.8, 4) is 0 Å². The van der Waals surface area contributed by atoms with Crippen molar-refractivity contribution in [1.29, 1.82) is 0 Å². The van der Waals surface area contributed by atoms with Gasteiger partial charge in [0.1, 0.15) is 0 Å². The molecule has 2 unspecified atom stereocenters. The Morgan fingerprint density at radius 1 is 1.31 bits per heavy atom. The van der Waals surface area contributed by atoms with Crippen LogP contribution in [0.25, 0.3) is 0 Å². The quantitative estimate of drug-likeness (QED) is 0.714. The summed E-state index contributed by atoms with van der Waals surface area (Å²) in [5.41, 5.74) is 6.08. The zero-order valence-corrected chi connectivity index (χ0v) is 8.83. The molecular weight excluding hydrogens is 160 g/mol. The van der Waals surface area contributed by atoms with Crippen molar-refractivity contribution in [2.24, 2.45) is 5.73 Å². The highest BCUT2D eigenvalue weighted by molar-refractivity contribution is 5.26. The Kier molecular flexibility index (Phi) is 3.28. The Balaban J connectivity index is 2.84. The van der Waals surface area contributed by atoms with Crippen LogP contribution in [0.1, 0.15) is 20.8 Å². The van der Waals surface area contributed by atoms with Crippen molar-refractivity contribution in [3.63, 3.8) is 0 Å². The summed E-state index contributed by atoms with van der Waals surface area (Å²) in [4.78, 5) is 2.39. The Labute approximate surface area is 81.1 Å². The van der Waals surface area contributed by atoms with Crippen molar-refractivity contribution in [1.82, 2.24) is 4.90 Å². The average molecular weight is 180 g/mol. The lowest BCUT2D eigenvalue weighted by molar-refractivity contribution is 0.147. The number of nitrogens with zero attached hydrogens (tertiary/aromatic N) is 1. The minimum atomic E-state index is -0.00174. The lowest BCUT2D eigenvalue weighted by Crippen LogP contribution is -2.56. The van der Waals surface area contributed by atoms with Gasteiger partial charge in [-0.3, -0.25) is 4.90 Å². The van der Waals surface area contributed by atoms with Gasteiger partial charge in [-0.2, -0.15) is 0 Å². The third kappa shape index (κ3) is 1.84. The van der Waals surface area contributed by atoms with Gasteiger partial charge in [-0.25, -0.2) is 0 Å². The first-order valence-electron chi connectivity index (χ1n) is 5.01. The number of allylic oxidation sites excluding steroid dienone is 2. The number of nitrogens with two attached hydrogens (primary N) is 1. The molecule has 0 saturated carbocycles. The van der Waals surface area contributed by atoms with Gasteiger partial charge >= 0.3 is 0 Å². The third-order valence-electron chi connectivity index (χ3n) is 2.98. The molecule has 0 saturated heterocycles. The molecule has 0 aliphatic heterocycles. The standard InChI is InChI=1S/C11H20N2/c1-4-13(5-2)11(3)9-7-6-8-10(11)12/h6-10H,4-5,12H2,1-3H3. The molecule has 0 spiro atoms. The summed E-state index contributed by atoms with van der Waals surface area (Å²) < 4.78 is 0. The normalized spacial score (nSPS) is 32.8. The molecule has 1 rings (SSSR count). The summed E-state index contributed by atoms with van der Waals surface area (Å²) in [6, 6.07) is 0.109. The van der Waals surface area contributed by atoms with Gasteiger partial charge in [0.25, 0.3) is 0 Å². The Hall–Kier alpha value is -0.600. The van der Waals surface area contributed by atoms with E-state index in [1.54, 1.807) is 0 Å². The van der Waals surface area contributed by atoms with Crippen LogP contribution in [0.5, 0.6) is 0 Å². The molecule has 2 N–H and O–H groups in total. The van der Waals surface area contributed by atoms with Crippen LogP contribution in [0.15, 0.2) is 24.3 Å². The van der Waals surface area contributed by atoms with Crippen LogP contribution in [0.4, 0.5) is 0 Å². The largest absolute Gasteiger partial charge is 0.323 e. The highest BCUT2D eigenvalue weighted by Crippen LogP contribution is 2.23. The first-order chi connectivity index (χ1) is 6.15. The first kappa shape index (κ1) is 10.5. The second-order valence-electron chi connectivity index (χ2n) is 3.67. The molecule has 0 amide bonds. The predicted octanol–water partition coefficient (Wildman–Crippen LogP) is 1.54. The van der Waals surface area contributed by atoms with Gasteiger partial charge < -0.3 is 5.73 Å². The topological polar surface area (TPSA) is 29.3 Å². The third-order valence-corrected chi connectivity index (χ3v) is 2.98. The van der Waals surface area contributed by atoms with E-state index in [1.165, 1.54) is 0 Å². The monoisotopic (exact) mass is 180 g/mol. The van der Waals surface area contributed by atoms with Crippen LogP contribution < -0.4 is 5.73 Å². The van der Waals surface area contributed by atoms with E-state index in [-0.39, 0.29) is 11.6 Å². The second-order valence-corrected chi connectivity index (χ2v) is 3.67. The van der Waals surface area contributed by atoms with Gasteiger partial charge in [-0.05, 0) is 20.0 Å². The van der Waals surface area contributed by atoms with E-state index < -0.39 is 0 Å². The minimum Gasteiger partial charge on any atom is -0.323 e. The van der Waals surface area contributed by atoms with Crippen LogP contribution in [0, 0.1) is 0 Å². The average Bonchev–Trinajstić information content (AvgIpc) is 2.12. The molecule has 2 heteroatoms. The zero-order valence-electron chi connectivity index (χ0n) is 8.83. The van der Waals surface area contributed by atoms with E-state index in [2.05, 4.69) is 43.9 Å². The molecule has 0 fully saturated rings. The molecule has 1 aliphatic rings. The fourth-order valence-corrected chi connectivity index (χ4v) is 1.96. The highest BCUT2D eigenvalue weighted by Gasteiger charge is 2.33. The van der Waals surface area contributed by atoms with Gasteiger partial charge in [0.05, 0.1) is 5.54 Å². The maximum atomic E-state index is 6.09. The summed E-state index contributed by atoms with van der Waals surface area (Å²) in [5, 5.41) is 0. The van der Waals surface area contributed by atoms with E-state index in [1.807, 2.05) is 6.08 Å². The van der Waals surface area contributed by atoms with Crippen molar-refractivity contribution < 1.29 is 0 Å². The second kappa shape index (κ2) is 4.07. The van der Waals surface area contributed by atoms with Gasteiger partial charge in [0.15, 0.2) is 0 Å². The molecule has 74 valence electrons. The van der Waals surface area contributed by atoms with Crippen molar-refractivity contribution >= 4 is 0 Å². The predicted molar refractivity (Wildman–Crippen MR) is 57.6 cm³/mol. The number of hydrogen-bond acceptors (Lipinski definition) is 2. The molecule has 0 bridgehead atoms. The summed E-state index contributed by atoms with van der Waals surface area (Å²) in [5.74, 6) is 0.